The van der Waals surface area contributed by atoms with Gasteiger partial charge in [-0.2, -0.15) is 0 Å². The lowest BCUT2D eigenvalue weighted by molar-refractivity contribution is -0.146. The number of hydrogen-bond acceptors (Lipinski definition) is 3. The molecule has 0 spiro atoms. The lowest BCUT2D eigenvalue weighted by Crippen LogP contribution is -2.30. The fourth-order valence-corrected chi connectivity index (χ4v) is 1.82. The zero-order valence-corrected chi connectivity index (χ0v) is 10.7. The number of benzene rings is 1. The van der Waals surface area contributed by atoms with Gasteiger partial charge >= 0.3 is 5.97 Å². The van der Waals surface area contributed by atoms with Gasteiger partial charge in [-0.05, 0) is 12.1 Å². The van der Waals surface area contributed by atoms with Crippen LogP contribution in [-0.4, -0.2) is 34.7 Å². The van der Waals surface area contributed by atoms with Crippen LogP contribution < -0.4 is 5.32 Å². The van der Waals surface area contributed by atoms with Crippen LogP contribution in [0.5, 0.6) is 0 Å². The van der Waals surface area contributed by atoms with E-state index in [1.54, 1.807) is 6.07 Å². The molecule has 0 radical (unpaired) electrons. The number of hydrogen-bond donors (Lipinski definition) is 3. The zero-order chi connectivity index (χ0) is 13.7. The molecule has 0 saturated carbocycles. The van der Waals surface area contributed by atoms with E-state index in [1.807, 2.05) is 0 Å². The van der Waals surface area contributed by atoms with E-state index >= 15 is 0 Å². The molecule has 1 aromatic carbocycles. The van der Waals surface area contributed by atoms with Crippen molar-refractivity contribution in [2.24, 2.45) is 0 Å². The second-order valence-electron chi connectivity index (χ2n) is 3.50. The van der Waals surface area contributed by atoms with Gasteiger partial charge in [0.15, 0.2) is 6.10 Å². The summed E-state index contributed by atoms with van der Waals surface area (Å²) in [7, 11) is 0. The molecule has 3 N–H and O–H groups in total. The van der Waals surface area contributed by atoms with E-state index < -0.39 is 18.0 Å². The number of rotatable bonds is 5. The highest BCUT2D eigenvalue weighted by Crippen LogP contribution is 2.23. The Morgan fingerprint density at radius 2 is 1.83 bits per heavy atom. The van der Waals surface area contributed by atoms with Crippen molar-refractivity contribution in [3.63, 3.8) is 0 Å². The summed E-state index contributed by atoms with van der Waals surface area (Å²) in [5.41, 5.74) is 0.130. The van der Waals surface area contributed by atoms with E-state index in [9.17, 15) is 9.59 Å². The number of aliphatic hydroxyl groups is 1. The molecule has 18 heavy (non-hydrogen) atoms. The molecule has 0 aliphatic heterocycles. The summed E-state index contributed by atoms with van der Waals surface area (Å²) < 4.78 is 0. The molecule has 0 fully saturated rings. The van der Waals surface area contributed by atoms with Gasteiger partial charge in [0.25, 0.3) is 5.91 Å². The molecule has 1 rings (SSSR count). The highest BCUT2D eigenvalue weighted by Gasteiger charge is 2.16. The minimum atomic E-state index is -1.51. The molecule has 0 aliphatic rings. The van der Waals surface area contributed by atoms with Crippen LogP contribution in [0.2, 0.25) is 10.0 Å². The first-order chi connectivity index (χ1) is 8.43. The minimum Gasteiger partial charge on any atom is -0.479 e. The molecule has 7 heteroatoms. The van der Waals surface area contributed by atoms with Gasteiger partial charge in [0.2, 0.25) is 0 Å². The average molecular weight is 292 g/mol. The Morgan fingerprint density at radius 3 is 2.33 bits per heavy atom. The Bertz CT molecular complexity index is 444. The molecule has 0 heterocycles. The van der Waals surface area contributed by atoms with Gasteiger partial charge in [0, 0.05) is 13.0 Å². The molecule has 1 atom stereocenters. The number of carboxylic acids is 1. The van der Waals surface area contributed by atoms with Crippen LogP contribution in [0.25, 0.3) is 0 Å². The van der Waals surface area contributed by atoms with Crippen LogP contribution in [0.4, 0.5) is 0 Å². The van der Waals surface area contributed by atoms with E-state index in [-0.39, 0.29) is 28.6 Å². The van der Waals surface area contributed by atoms with Crippen LogP contribution >= 0.6 is 23.2 Å². The van der Waals surface area contributed by atoms with Gasteiger partial charge < -0.3 is 15.5 Å². The van der Waals surface area contributed by atoms with Crippen molar-refractivity contribution >= 4 is 35.1 Å². The van der Waals surface area contributed by atoms with Gasteiger partial charge in [0.1, 0.15) is 0 Å². The largest absolute Gasteiger partial charge is 0.479 e. The lowest BCUT2D eigenvalue weighted by Gasteiger charge is -2.09. The number of halogens is 2. The number of aliphatic carboxylic acids is 1. The van der Waals surface area contributed by atoms with E-state index in [2.05, 4.69) is 5.32 Å². The average Bonchev–Trinajstić information content (AvgIpc) is 2.28. The fraction of sp³-hybridized carbons (Fsp3) is 0.273. The van der Waals surface area contributed by atoms with E-state index in [4.69, 9.17) is 33.4 Å². The van der Waals surface area contributed by atoms with Crippen molar-refractivity contribution in [1.29, 1.82) is 0 Å². The third kappa shape index (κ3) is 3.87. The first kappa shape index (κ1) is 14.8. The quantitative estimate of drug-likeness (QED) is 0.768. The summed E-state index contributed by atoms with van der Waals surface area (Å²) in [6.45, 7) is 0.00779. The van der Waals surface area contributed by atoms with Crippen molar-refractivity contribution < 1.29 is 19.8 Å². The van der Waals surface area contributed by atoms with Gasteiger partial charge in [-0.25, -0.2) is 4.79 Å². The summed E-state index contributed by atoms with van der Waals surface area (Å²) >= 11 is 11.7. The summed E-state index contributed by atoms with van der Waals surface area (Å²) in [6, 6.07) is 4.65. The summed E-state index contributed by atoms with van der Waals surface area (Å²) in [5, 5.41) is 20.3. The third-order valence-corrected chi connectivity index (χ3v) is 2.81. The van der Waals surface area contributed by atoms with Crippen LogP contribution in [-0.2, 0) is 4.79 Å². The first-order valence-electron chi connectivity index (χ1n) is 5.06. The molecule has 0 saturated heterocycles. The molecular formula is C11H11Cl2NO4. The first-order valence-corrected chi connectivity index (χ1v) is 5.82. The van der Waals surface area contributed by atoms with Gasteiger partial charge in [-0.3, -0.25) is 4.79 Å². The van der Waals surface area contributed by atoms with Gasteiger partial charge in [-0.15, -0.1) is 0 Å². The molecule has 1 amide bonds. The number of aliphatic hydroxyl groups excluding tert-OH is 1. The number of nitrogens with one attached hydrogen (secondary N) is 1. The van der Waals surface area contributed by atoms with Crippen molar-refractivity contribution in [3.05, 3.63) is 33.8 Å². The van der Waals surface area contributed by atoms with Gasteiger partial charge in [0.05, 0.1) is 15.6 Å². The normalized spacial score (nSPS) is 11.9. The van der Waals surface area contributed by atoms with Crippen LogP contribution in [0.1, 0.15) is 16.8 Å². The molecule has 5 nitrogen and oxygen atoms in total. The number of carboxylic acid groups (broad SMARTS) is 1. The van der Waals surface area contributed by atoms with E-state index in [1.165, 1.54) is 12.1 Å². The van der Waals surface area contributed by atoms with Crippen LogP contribution in [0.15, 0.2) is 18.2 Å². The zero-order valence-electron chi connectivity index (χ0n) is 9.19. The highest BCUT2D eigenvalue weighted by atomic mass is 35.5. The lowest BCUT2D eigenvalue weighted by atomic mass is 10.2. The molecule has 1 unspecified atom stereocenters. The van der Waals surface area contributed by atoms with Crippen LogP contribution in [0, 0.1) is 0 Å². The smallest absolute Gasteiger partial charge is 0.332 e. The third-order valence-electron chi connectivity index (χ3n) is 2.18. The second kappa shape index (κ2) is 6.58. The number of carbonyl (C=O) groups excluding carboxylic acids is 1. The standard InChI is InChI=1S/C11H11Cl2NO4/c12-6-2-1-3-7(13)9(6)10(16)14-5-4-8(15)11(17)18/h1-3,8,15H,4-5H2,(H,14,16)(H,17,18). The Kier molecular flexibility index (Phi) is 5.40. The molecule has 1 aromatic rings. The minimum absolute atomic E-state index is 0.00779. The Balaban J connectivity index is 2.59. The topological polar surface area (TPSA) is 86.6 Å². The van der Waals surface area contributed by atoms with Crippen molar-refractivity contribution in [1.82, 2.24) is 5.32 Å². The van der Waals surface area contributed by atoms with E-state index in [0.717, 1.165) is 0 Å². The predicted molar refractivity (Wildman–Crippen MR) is 67.1 cm³/mol. The Hall–Kier alpha value is -1.30. The van der Waals surface area contributed by atoms with Crippen molar-refractivity contribution in [2.45, 2.75) is 12.5 Å². The Labute approximate surface area is 113 Å². The maximum Gasteiger partial charge on any atom is 0.332 e. The SMILES string of the molecule is O=C(NCCC(O)C(=O)O)c1c(Cl)cccc1Cl. The van der Waals surface area contributed by atoms with E-state index in [0.29, 0.717) is 0 Å². The monoisotopic (exact) mass is 291 g/mol. The number of amides is 1. The van der Waals surface area contributed by atoms with Crippen LogP contribution in [0.3, 0.4) is 0 Å². The molecule has 98 valence electrons. The summed E-state index contributed by atoms with van der Waals surface area (Å²) in [6.07, 6.45) is -1.60. The number of carbonyl (C=O) groups is 2. The second-order valence-corrected chi connectivity index (χ2v) is 4.31. The maximum atomic E-state index is 11.7. The van der Waals surface area contributed by atoms with Gasteiger partial charge in [-0.1, -0.05) is 29.3 Å². The summed E-state index contributed by atoms with van der Waals surface area (Å²) in [4.78, 5) is 22.1. The predicted octanol–water partition coefficient (Wildman–Crippen LogP) is 1.56. The summed E-state index contributed by atoms with van der Waals surface area (Å²) in [5.74, 6) is -1.84. The molecule has 0 aliphatic carbocycles. The molecule has 0 bridgehead atoms. The fourth-order valence-electron chi connectivity index (χ4n) is 1.25. The highest BCUT2D eigenvalue weighted by molar-refractivity contribution is 6.39. The maximum absolute atomic E-state index is 11.7. The molecule has 0 aromatic heterocycles. The Morgan fingerprint density at radius 1 is 1.28 bits per heavy atom. The molecular weight excluding hydrogens is 281 g/mol. The van der Waals surface area contributed by atoms with Crippen molar-refractivity contribution in [2.75, 3.05) is 6.54 Å². The van der Waals surface area contributed by atoms with Crippen molar-refractivity contribution in [3.8, 4) is 0 Å².